The van der Waals surface area contributed by atoms with Crippen molar-refractivity contribution < 1.29 is 4.80 Å². The topological polar surface area (TPSA) is 20.2 Å². The Kier molecular flexibility index (Phi) is 10.5. The van der Waals surface area contributed by atoms with Crippen LogP contribution in [-0.2, 0) is 0 Å². The molecule has 0 atom stereocenters. The molecule has 0 rings (SSSR count). The van der Waals surface area contributed by atoms with Crippen LogP contribution in [0.1, 0.15) is 78.6 Å². The van der Waals surface area contributed by atoms with Crippen LogP contribution in [0.3, 0.4) is 0 Å². The van der Waals surface area contributed by atoms with Gasteiger partial charge in [-0.3, -0.25) is 0 Å². The minimum absolute atomic E-state index is 0.146. The fourth-order valence-electron chi connectivity index (χ4n) is 2.15. The van der Waals surface area contributed by atoms with Crippen LogP contribution in [0.5, 0.6) is 0 Å². The zero-order valence-electron chi connectivity index (χ0n) is 11.5. The van der Waals surface area contributed by atoms with Crippen molar-refractivity contribution >= 4 is 9.76 Å². The number of unbranched alkanes of at least 4 members (excludes halogenated alkanes) is 5. The molecule has 0 aliphatic heterocycles. The standard InChI is InChI=1S/C14H30OSi/c1-4-5-6-7-8-9-11-14(2,3)12-10-13-16-15/h15H,4-13H2,1-3H3. The second kappa shape index (κ2) is 10.3. The summed E-state index contributed by atoms with van der Waals surface area (Å²) in [6.07, 6.45) is 12.2. The summed E-state index contributed by atoms with van der Waals surface area (Å²) in [4.78, 5) is 8.79. The van der Waals surface area contributed by atoms with E-state index in [1.807, 2.05) is 0 Å². The third-order valence-corrected chi connectivity index (χ3v) is 3.93. The molecule has 0 aromatic rings. The lowest BCUT2D eigenvalue weighted by molar-refractivity contribution is 0.290. The van der Waals surface area contributed by atoms with E-state index in [1.54, 1.807) is 0 Å². The van der Waals surface area contributed by atoms with Crippen molar-refractivity contribution in [1.29, 1.82) is 0 Å². The molecule has 0 saturated heterocycles. The first kappa shape index (κ1) is 16.2. The van der Waals surface area contributed by atoms with Crippen LogP contribution >= 0.6 is 0 Å². The van der Waals surface area contributed by atoms with E-state index in [-0.39, 0.29) is 9.76 Å². The van der Waals surface area contributed by atoms with Crippen LogP contribution in [0.25, 0.3) is 0 Å². The Morgan fingerprint density at radius 2 is 1.44 bits per heavy atom. The molecule has 16 heavy (non-hydrogen) atoms. The van der Waals surface area contributed by atoms with Gasteiger partial charge in [-0.05, 0) is 24.3 Å². The monoisotopic (exact) mass is 242 g/mol. The Hall–Kier alpha value is 0.177. The zero-order chi connectivity index (χ0) is 12.3. The summed E-state index contributed by atoms with van der Waals surface area (Å²) < 4.78 is 0. The van der Waals surface area contributed by atoms with Crippen molar-refractivity contribution in [2.75, 3.05) is 0 Å². The van der Waals surface area contributed by atoms with Gasteiger partial charge in [0.1, 0.15) is 0 Å². The summed E-state index contributed by atoms with van der Waals surface area (Å²) in [6.45, 7) is 7.02. The molecule has 0 amide bonds. The first-order valence-electron chi connectivity index (χ1n) is 6.99. The molecule has 0 saturated carbocycles. The minimum atomic E-state index is 0.146. The SMILES string of the molecule is CCCCCCCCC(C)(C)CCC[Si]O. The van der Waals surface area contributed by atoms with Crippen LogP contribution in [0.4, 0.5) is 0 Å². The van der Waals surface area contributed by atoms with Crippen molar-refractivity contribution in [3.8, 4) is 0 Å². The van der Waals surface area contributed by atoms with Crippen molar-refractivity contribution in [3.63, 3.8) is 0 Å². The van der Waals surface area contributed by atoms with E-state index < -0.39 is 0 Å². The summed E-state index contributed by atoms with van der Waals surface area (Å²) >= 11 is 0. The van der Waals surface area contributed by atoms with Gasteiger partial charge in [0.25, 0.3) is 0 Å². The Bertz CT molecular complexity index is 146. The highest BCUT2D eigenvalue weighted by Crippen LogP contribution is 2.29. The highest BCUT2D eigenvalue weighted by Gasteiger charge is 2.16. The third kappa shape index (κ3) is 10.7. The van der Waals surface area contributed by atoms with Gasteiger partial charge in [-0.2, -0.15) is 0 Å². The molecule has 96 valence electrons. The molecular weight excluding hydrogens is 212 g/mol. The second-order valence-corrected chi connectivity index (χ2v) is 6.51. The van der Waals surface area contributed by atoms with Crippen LogP contribution in [0.15, 0.2) is 0 Å². The van der Waals surface area contributed by atoms with E-state index in [0.29, 0.717) is 5.41 Å². The second-order valence-electron chi connectivity index (χ2n) is 5.69. The molecule has 0 aromatic heterocycles. The molecular formula is C14H30OSi. The molecule has 2 radical (unpaired) electrons. The van der Waals surface area contributed by atoms with Crippen molar-refractivity contribution in [1.82, 2.24) is 0 Å². The van der Waals surface area contributed by atoms with E-state index in [1.165, 1.54) is 57.8 Å². The van der Waals surface area contributed by atoms with Crippen LogP contribution in [0, 0.1) is 5.41 Å². The van der Waals surface area contributed by atoms with Gasteiger partial charge in [-0.15, -0.1) is 0 Å². The fourth-order valence-corrected chi connectivity index (χ4v) is 2.49. The van der Waals surface area contributed by atoms with Gasteiger partial charge >= 0.3 is 0 Å². The highest BCUT2D eigenvalue weighted by atomic mass is 28.2. The fraction of sp³-hybridized carbons (Fsp3) is 1.00. The van der Waals surface area contributed by atoms with Crippen molar-refractivity contribution in [2.45, 2.75) is 84.6 Å². The molecule has 0 bridgehead atoms. The molecule has 0 fully saturated rings. The summed E-state index contributed by atoms with van der Waals surface area (Å²) in [6, 6.07) is 1.000. The van der Waals surface area contributed by atoms with Gasteiger partial charge in [0.2, 0.25) is 9.76 Å². The molecule has 0 spiro atoms. The largest absolute Gasteiger partial charge is 0.432 e. The molecule has 0 aromatic carbocycles. The van der Waals surface area contributed by atoms with Crippen LogP contribution < -0.4 is 0 Å². The van der Waals surface area contributed by atoms with Gasteiger partial charge in [0.15, 0.2) is 0 Å². The molecule has 0 unspecified atom stereocenters. The van der Waals surface area contributed by atoms with Gasteiger partial charge in [-0.1, -0.05) is 65.7 Å². The predicted molar refractivity (Wildman–Crippen MR) is 73.8 cm³/mol. The normalized spacial score (nSPS) is 12.0. The van der Waals surface area contributed by atoms with Gasteiger partial charge in [-0.25, -0.2) is 0 Å². The maximum atomic E-state index is 8.79. The summed E-state index contributed by atoms with van der Waals surface area (Å²) in [7, 11) is 0.146. The smallest absolute Gasteiger partial charge is 0.224 e. The van der Waals surface area contributed by atoms with Gasteiger partial charge in [0, 0.05) is 0 Å². The van der Waals surface area contributed by atoms with Gasteiger partial charge in [0.05, 0.1) is 0 Å². The summed E-state index contributed by atoms with van der Waals surface area (Å²) in [5.41, 5.74) is 0.490. The lowest BCUT2D eigenvalue weighted by Gasteiger charge is -2.24. The zero-order valence-corrected chi connectivity index (χ0v) is 12.5. The molecule has 0 aliphatic carbocycles. The molecule has 0 heterocycles. The highest BCUT2D eigenvalue weighted by molar-refractivity contribution is 6.25. The molecule has 1 N–H and O–H groups in total. The number of hydrogen-bond acceptors (Lipinski definition) is 1. The third-order valence-electron chi connectivity index (χ3n) is 3.35. The Morgan fingerprint density at radius 3 is 2.06 bits per heavy atom. The minimum Gasteiger partial charge on any atom is -0.432 e. The average Bonchev–Trinajstić information content (AvgIpc) is 2.23. The average molecular weight is 242 g/mol. The molecule has 2 heteroatoms. The maximum absolute atomic E-state index is 8.79. The first-order valence-corrected chi connectivity index (χ1v) is 8.15. The van der Waals surface area contributed by atoms with E-state index in [9.17, 15) is 0 Å². The lowest BCUT2D eigenvalue weighted by Crippen LogP contribution is -2.11. The van der Waals surface area contributed by atoms with Crippen LogP contribution in [-0.4, -0.2) is 14.6 Å². The van der Waals surface area contributed by atoms with Crippen molar-refractivity contribution in [2.24, 2.45) is 5.41 Å². The predicted octanol–water partition coefficient (Wildman–Crippen LogP) is 4.57. The van der Waals surface area contributed by atoms with E-state index in [4.69, 9.17) is 4.80 Å². The quantitative estimate of drug-likeness (QED) is 0.415. The number of hydrogen-bond donors (Lipinski definition) is 1. The first-order chi connectivity index (χ1) is 7.62. The van der Waals surface area contributed by atoms with Crippen molar-refractivity contribution in [3.05, 3.63) is 0 Å². The Morgan fingerprint density at radius 1 is 0.875 bits per heavy atom. The lowest BCUT2D eigenvalue weighted by atomic mass is 9.82. The van der Waals surface area contributed by atoms with E-state index in [0.717, 1.165) is 6.04 Å². The summed E-state index contributed by atoms with van der Waals surface area (Å²) in [5, 5.41) is 0. The molecule has 0 aliphatic rings. The molecule has 1 nitrogen and oxygen atoms in total. The van der Waals surface area contributed by atoms with E-state index >= 15 is 0 Å². The van der Waals surface area contributed by atoms with E-state index in [2.05, 4.69) is 20.8 Å². The number of rotatable bonds is 11. The van der Waals surface area contributed by atoms with Gasteiger partial charge < -0.3 is 4.80 Å². The Balaban J connectivity index is 3.35. The summed E-state index contributed by atoms with van der Waals surface area (Å²) in [5.74, 6) is 0. The van der Waals surface area contributed by atoms with Crippen LogP contribution in [0.2, 0.25) is 6.04 Å². The Labute approximate surface area is 105 Å². The maximum Gasteiger partial charge on any atom is 0.224 e.